The van der Waals surface area contributed by atoms with Crippen molar-refractivity contribution < 1.29 is 0 Å². The molecular formula is C9H16ClN3S. The van der Waals surface area contributed by atoms with E-state index in [2.05, 4.69) is 16.8 Å². The number of nitrogens with zero attached hydrogens (tertiary/aromatic N) is 2. The van der Waals surface area contributed by atoms with E-state index in [0.29, 0.717) is 12.1 Å². The second-order valence-electron chi connectivity index (χ2n) is 3.59. The van der Waals surface area contributed by atoms with Crippen molar-refractivity contribution in [2.45, 2.75) is 25.4 Å². The number of hydrogen-bond donors (Lipinski definition) is 1. The Morgan fingerprint density at radius 2 is 2.50 bits per heavy atom. The first-order chi connectivity index (χ1) is 6.27. The molecule has 1 saturated heterocycles. The van der Waals surface area contributed by atoms with E-state index in [1.807, 2.05) is 11.6 Å². The van der Waals surface area contributed by atoms with Gasteiger partial charge in [0.15, 0.2) is 0 Å². The van der Waals surface area contributed by atoms with Crippen LogP contribution >= 0.6 is 23.7 Å². The molecular weight excluding hydrogens is 218 g/mol. The monoisotopic (exact) mass is 233 g/mol. The third-order valence-corrected chi connectivity index (χ3v) is 3.56. The van der Waals surface area contributed by atoms with E-state index in [1.165, 1.54) is 5.01 Å². The van der Waals surface area contributed by atoms with Crippen LogP contribution in [-0.2, 0) is 0 Å². The summed E-state index contributed by atoms with van der Waals surface area (Å²) in [6, 6.07) is 0.802. The first-order valence-electron chi connectivity index (χ1n) is 4.66. The first kappa shape index (κ1) is 11.9. The molecule has 3 nitrogen and oxygen atoms in total. The number of hydrogen-bond acceptors (Lipinski definition) is 4. The number of halogens is 1. The highest BCUT2D eigenvalue weighted by Crippen LogP contribution is 2.25. The Morgan fingerprint density at radius 1 is 1.71 bits per heavy atom. The summed E-state index contributed by atoms with van der Waals surface area (Å²) in [5.41, 5.74) is 5.86. The predicted molar refractivity (Wildman–Crippen MR) is 61.9 cm³/mol. The fraction of sp³-hybridized carbons (Fsp3) is 0.667. The van der Waals surface area contributed by atoms with E-state index in [4.69, 9.17) is 5.73 Å². The Hall–Kier alpha value is -0.160. The molecule has 80 valence electrons. The Kier molecular flexibility index (Phi) is 4.31. The number of rotatable bonds is 2. The number of thiazole rings is 1. The van der Waals surface area contributed by atoms with Crippen LogP contribution in [0.4, 0.5) is 0 Å². The molecule has 1 fully saturated rings. The maximum atomic E-state index is 5.86. The average molecular weight is 234 g/mol. The lowest BCUT2D eigenvalue weighted by atomic mass is 10.3. The summed E-state index contributed by atoms with van der Waals surface area (Å²) in [6.07, 6.45) is 2.99. The van der Waals surface area contributed by atoms with Gasteiger partial charge >= 0.3 is 0 Å². The fourth-order valence-corrected chi connectivity index (χ4v) is 2.49. The predicted octanol–water partition coefficient (Wildman–Crippen LogP) is 1.66. The maximum Gasteiger partial charge on any atom is 0.109 e. The first-order valence-corrected chi connectivity index (χ1v) is 5.54. The van der Waals surface area contributed by atoms with Gasteiger partial charge in [-0.25, -0.2) is 4.98 Å². The van der Waals surface area contributed by atoms with Gasteiger partial charge in [-0.05, 0) is 13.3 Å². The van der Waals surface area contributed by atoms with Crippen molar-refractivity contribution in [2.75, 3.05) is 13.1 Å². The molecule has 1 unspecified atom stereocenters. The number of aromatic nitrogens is 1. The smallest absolute Gasteiger partial charge is 0.109 e. The van der Waals surface area contributed by atoms with Crippen LogP contribution in [0.25, 0.3) is 0 Å². The molecule has 5 heteroatoms. The maximum absolute atomic E-state index is 5.86. The van der Waals surface area contributed by atoms with Crippen molar-refractivity contribution in [3.8, 4) is 0 Å². The van der Waals surface area contributed by atoms with Crippen LogP contribution in [-0.4, -0.2) is 29.0 Å². The molecule has 1 aliphatic rings. The van der Waals surface area contributed by atoms with Gasteiger partial charge in [-0.1, -0.05) is 0 Å². The molecule has 2 rings (SSSR count). The summed E-state index contributed by atoms with van der Waals surface area (Å²) in [4.78, 5) is 6.73. The zero-order valence-corrected chi connectivity index (χ0v) is 9.85. The summed E-state index contributed by atoms with van der Waals surface area (Å²) >= 11 is 1.73. The van der Waals surface area contributed by atoms with E-state index in [1.54, 1.807) is 11.3 Å². The standard InChI is InChI=1S/C9H15N3S.ClH/c1-7(9-11-3-5-13-9)12-4-2-8(10)6-12;/h3,5,7-8H,2,4,6,10H2,1H3;1H/t7?,8-;/m0./s1. The molecule has 2 atom stereocenters. The van der Waals surface area contributed by atoms with Crippen molar-refractivity contribution in [3.63, 3.8) is 0 Å². The van der Waals surface area contributed by atoms with E-state index in [9.17, 15) is 0 Å². The SMILES string of the molecule is CC(c1nccs1)N1CC[C@H](N)C1.Cl. The number of nitrogens with two attached hydrogens (primary N) is 1. The molecule has 0 spiro atoms. The second kappa shape index (κ2) is 5.07. The number of likely N-dealkylation sites (tertiary alicyclic amines) is 1. The minimum absolute atomic E-state index is 0. The van der Waals surface area contributed by atoms with Crippen LogP contribution in [0.1, 0.15) is 24.4 Å². The van der Waals surface area contributed by atoms with Crippen LogP contribution in [0.15, 0.2) is 11.6 Å². The van der Waals surface area contributed by atoms with Crippen molar-refractivity contribution in [2.24, 2.45) is 5.73 Å². The molecule has 1 aromatic rings. The van der Waals surface area contributed by atoms with Gasteiger partial charge in [0, 0.05) is 30.7 Å². The topological polar surface area (TPSA) is 42.2 Å². The van der Waals surface area contributed by atoms with Crippen molar-refractivity contribution in [3.05, 3.63) is 16.6 Å². The third kappa shape index (κ3) is 2.45. The largest absolute Gasteiger partial charge is 0.326 e. The van der Waals surface area contributed by atoms with E-state index >= 15 is 0 Å². The highest BCUT2D eigenvalue weighted by Gasteiger charge is 2.25. The van der Waals surface area contributed by atoms with Gasteiger partial charge in [0.05, 0.1) is 6.04 Å². The Morgan fingerprint density at radius 3 is 3.00 bits per heavy atom. The molecule has 2 heterocycles. The molecule has 0 radical (unpaired) electrons. The van der Waals surface area contributed by atoms with Gasteiger partial charge in [0.2, 0.25) is 0 Å². The Labute approximate surface area is 94.7 Å². The zero-order chi connectivity index (χ0) is 9.26. The quantitative estimate of drug-likeness (QED) is 0.845. The summed E-state index contributed by atoms with van der Waals surface area (Å²) in [5, 5.41) is 3.23. The third-order valence-electron chi connectivity index (χ3n) is 2.61. The second-order valence-corrected chi connectivity index (χ2v) is 4.52. The molecule has 2 N–H and O–H groups in total. The van der Waals surface area contributed by atoms with Gasteiger partial charge in [0.1, 0.15) is 5.01 Å². The summed E-state index contributed by atoms with van der Waals surface area (Å²) < 4.78 is 0. The molecule has 14 heavy (non-hydrogen) atoms. The highest BCUT2D eigenvalue weighted by molar-refractivity contribution is 7.09. The van der Waals surface area contributed by atoms with Crippen molar-refractivity contribution >= 4 is 23.7 Å². The lowest BCUT2D eigenvalue weighted by Gasteiger charge is -2.21. The van der Waals surface area contributed by atoms with Gasteiger partial charge in [-0.3, -0.25) is 4.90 Å². The normalized spacial score (nSPS) is 24.6. The fourth-order valence-electron chi connectivity index (χ4n) is 1.76. The molecule has 0 amide bonds. The molecule has 1 aromatic heterocycles. The molecule has 0 aromatic carbocycles. The molecule has 1 aliphatic heterocycles. The molecule has 0 saturated carbocycles. The zero-order valence-electron chi connectivity index (χ0n) is 8.22. The van der Waals surface area contributed by atoms with Crippen LogP contribution < -0.4 is 5.73 Å². The Balaban J connectivity index is 0.000000980. The van der Waals surface area contributed by atoms with Crippen LogP contribution in [0, 0.1) is 0 Å². The Bertz CT molecular complexity index is 265. The van der Waals surface area contributed by atoms with Crippen LogP contribution in [0.5, 0.6) is 0 Å². The van der Waals surface area contributed by atoms with Crippen molar-refractivity contribution in [1.82, 2.24) is 9.88 Å². The average Bonchev–Trinajstić information content (AvgIpc) is 2.72. The van der Waals surface area contributed by atoms with E-state index in [-0.39, 0.29) is 12.4 Å². The van der Waals surface area contributed by atoms with E-state index < -0.39 is 0 Å². The van der Waals surface area contributed by atoms with Crippen LogP contribution in [0.2, 0.25) is 0 Å². The lowest BCUT2D eigenvalue weighted by molar-refractivity contribution is 0.259. The minimum Gasteiger partial charge on any atom is -0.326 e. The molecule has 0 bridgehead atoms. The summed E-state index contributed by atoms with van der Waals surface area (Å²) in [5.74, 6) is 0. The van der Waals surface area contributed by atoms with Gasteiger partial charge in [0.25, 0.3) is 0 Å². The lowest BCUT2D eigenvalue weighted by Crippen LogP contribution is -2.28. The van der Waals surface area contributed by atoms with Crippen LogP contribution in [0.3, 0.4) is 0 Å². The summed E-state index contributed by atoms with van der Waals surface area (Å²) in [6.45, 7) is 4.33. The van der Waals surface area contributed by atoms with Gasteiger partial charge < -0.3 is 5.73 Å². The van der Waals surface area contributed by atoms with Gasteiger partial charge in [-0.2, -0.15) is 0 Å². The summed E-state index contributed by atoms with van der Waals surface area (Å²) in [7, 11) is 0. The minimum atomic E-state index is 0. The van der Waals surface area contributed by atoms with E-state index in [0.717, 1.165) is 19.5 Å². The highest BCUT2D eigenvalue weighted by atomic mass is 35.5. The van der Waals surface area contributed by atoms with Gasteiger partial charge in [-0.15, -0.1) is 23.7 Å². The van der Waals surface area contributed by atoms with Crippen molar-refractivity contribution in [1.29, 1.82) is 0 Å². The molecule has 0 aliphatic carbocycles.